The summed E-state index contributed by atoms with van der Waals surface area (Å²) < 4.78 is 26.8. The first-order chi connectivity index (χ1) is 10.1. The van der Waals surface area contributed by atoms with Gasteiger partial charge in [-0.1, -0.05) is 13.3 Å². The second-order valence-corrected chi connectivity index (χ2v) is 8.74. The van der Waals surface area contributed by atoms with E-state index < -0.39 is 10.0 Å². The molecule has 2 saturated heterocycles. The zero-order valence-corrected chi connectivity index (χ0v) is 14.4. The van der Waals surface area contributed by atoms with Crippen molar-refractivity contribution in [2.45, 2.75) is 57.2 Å². The maximum atomic E-state index is 12.5. The van der Waals surface area contributed by atoms with Crippen molar-refractivity contribution in [3.05, 3.63) is 0 Å². The normalized spacial score (nSPS) is 25.0. The largest absolute Gasteiger partial charge is 0.316 e. The van der Waals surface area contributed by atoms with E-state index in [0.29, 0.717) is 25.7 Å². The fraction of sp³-hybridized carbons (Fsp3) is 1.00. The van der Waals surface area contributed by atoms with Gasteiger partial charge in [-0.15, -0.1) is 0 Å². The first kappa shape index (κ1) is 17.2. The average Bonchev–Trinajstić information content (AvgIpc) is 2.53. The molecule has 2 rings (SSSR count). The van der Waals surface area contributed by atoms with Crippen molar-refractivity contribution in [1.29, 1.82) is 0 Å². The van der Waals surface area contributed by atoms with Gasteiger partial charge in [-0.3, -0.25) is 0 Å². The first-order valence-corrected chi connectivity index (χ1v) is 9.99. The Morgan fingerprint density at radius 3 is 2.29 bits per heavy atom. The maximum absolute atomic E-state index is 12.5. The van der Waals surface area contributed by atoms with Gasteiger partial charge in [0, 0.05) is 25.7 Å². The molecule has 1 unspecified atom stereocenters. The molecule has 0 aliphatic carbocycles. The zero-order chi connectivity index (χ0) is 15.3. The summed E-state index contributed by atoms with van der Waals surface area (Å²) in [6.07, 6.45) is 5.95. The molecule has 0 bridgehead atoms. The highest BCUT2D eigenvalue weighted by Gasteiger charge is 2.33. The highest BCUT2D eigenvalue weighted by atomic mass is 32.2. The Bertz CT molecular complexity index is 399. The minimum absolute atomic E-state index is 0.330. The lowest BCUT2D eigenvalue weighted by molar-refractivity contribution is 0.117. The van der Waals surface area contributed by atoms with Crippen molar-refractivity contribution in [3.8, 4) is 0 Å². The van der Waals surface area contributed by atoms with Crippen LogP contribution in [-0.2, 0) is 10.0 Å². The third-order valence-electron chi connectivity index (χ3n) is 4.88. The van der Waals surface area contributed by atoms with Crippen molar-refractivity contribution in [3.63, 3.8) is 0 Å². The zero-order valence-electron chi connectivity index (χ0n) is 13.6. The van der Waals surface area contributed by atoms with Crippen molar-refractivity contribution >= 4 is 10.0 Å². The second-order valence-electron chi connectivity index (χ2n) is 6.39. The van der Waals surface area contributed by atoms with E-state index >= 15 is 0 Å². The summed E-state index contributed by atoms with van der Waals surface area (Å²) in [5, 5.41) is 2.81. The molecule has 0 spiro atoms. The van der Waals surface area contributed by atoms with Gasteiger partial charge >= 0.3 is 0 Å². The monoisotopic (exact) mass is 317 g/mol. The molecule has 2 heterocycles. The molecule has 5 nitrogen and oxygen atoms in total. The van der Waals surface area contributed by atoms with Gasteiger partial charge in [0.25, 0.3) is 0 Å². The summed E-state index contributed by atoms with van der Waals surface area (Å²) in [5.41, 5.74) is 0. The van der Waals surface area contributed by atoms with E-state index in [-0.39, 0.29) is 5.25 Å². The lowest BCUT2D eigenvalue weighted by Crippen LogP contribution is -2.50. The number of piperidine rings is 2. The van der Waals surface area contributed by atoms with Crippen molar-refractivity contribution < 1.29 is 8.42 Å². The molecule has 0 radical (unpaired) electrons. The number of sulfonamides is 1. The van der Waals surface area contributed by atoms with Gasteiger partial charge in [-0.05, 0) is 52.2 Å². The Morgan fingerprint density at radius 1 is 1.10 bits per heavy atom. The Morgan fingerprint density at radius 2 is 1.71 bits per heavy atom. The lowest BCUT2D eigenvalue weighted by Gasteiger charge is -2.40. The lowest BCUT2D eigenvalue weighted by atomic mass is 10.0. The molecule has 2 aliphatic rings. The van der Waals surface area contributed by atoms with E-state index in [0.717, 1.165) is 19.4 Å². The molecular formula is C15H31N3O2S. The van der Waals surface area contributed by atoms with E-state index in [1.807, 2.05) is 13.8 Å². The van der Waals surface area contributed by atoms with Crippen LogP contribution >= 0.6 is 0 Å². The summed E-state index contributed by atoms with van der Waals surface area (Å²) >= 11 is 0. The highest BCUT2D eigenvalue weighted by Crippen LogP contribution is 2.23. The van der Waals surface area contributed by atoms with Crippen LogP contribution in [0.1, 0.15) is 46.0 Å². The minimum atomic E-state index is -3.14. The third kappa shape index (κ3) is 4.41. The number of likely N-dealkylation sites (tertiary alicyclic amines) is 1. The van der Waals surface area contributed by atoms with Gasteiger partial charge < -0.3 is 10.2 Å². The number of hydrogen-bond acceptors (Lipinski definition) is 4. The predicted octanol–water partition coefficient (Wildman–Crippen LogP) is 1.26. The number of nitrogens with zero attached hydrogens (tertiary/aromatic N) is 2. The van der Waals surface area contributed by atoms with Crippen LogP contribution in [-0.4, -0.2) is 68.2 Å². The summed E-state index contributed by atoms with van der Waals surface area (Å²) in [6, 6.07) is 0.598. The van der Waals surface area contributed by atoms with Crippen molar-refractivity contribution in [1.82, 2.24) is 14.5 Å². The van der Waals surface area contributed by atoms with Crippen LogP contribution in [0.4, 0.5) is 0 Å². The van der Waals surface area contributed by atoms with Crippen LogP contribution in [0, 0.1) is 0 Å². The van der Waals surface area contributed by atoms with Crippen LogP contribution in [0.15, 0.2) is 0 Å². The summed E-state index contributed by atoms with van der Waals surface area (Å²) in [7, 11) is -3.14. The third-order valence-corrected chi connectivity index (χ3v) is 7.15. The molecule has 0 aromatic rings. The van der Waals surface area contributed by atoms with E-state index in [9.17, 15) is 8.42 Å². The number of rotatable bonds is 6. The van der Waals surface area contributed by atoms with Gasteiger partial charge in [0.15, 0.2) is 0 Å². The maximum Gasteiger partial charge on any atom is 0.217 e. The van der Waals surface area contributed by atoms with Crippen molar-refractivity contribution in [2.75, 3.05) is 39.3 Å². The number of nitrogens with one attached hydrogen (secondary N) is 1. The van der Waals surface area contributed by atoms with Crippen LogP contribution in [0.5, 0.6) is 0 Å². The Balaban J connectivity index is 1.84. The van der Waals surface area contributed by atoms with Crippen LogP contribution in [0.2, 0.25) is 0 Å². The number of hydrogen-bond donors (Lipinski definition) is 1. The van der Waals surface area contributed by atoms with Crippen LogP contribution in [0.25, 0.3) is 0 Å². The molecule has 1 N–H and O–H groups in total. The van der Waals surface area contributed by atoms with Gasteiger partial charge in [0.2, 0.25) is 10.0 Å². The molecule has 0 amide bonds. The molecule has 2 aliphatic heterocycles. The predicted molar refractivity (Wildman–Crippen MR) is 86.9 cm³/mol. The molecule has 0 aromatic heterocycles. The molecule has 0 aromatic carbocycles. The molecular weight excluding hydrogens is 286 g/mol. The van der Waals surface area contributed by atoms with E-state index in [2.05, 4.69) is 10.2 Å². The van der Waals surface area contributed by atoms with E-state index in [1.165, 1.54) is 32.4 Å². The molecule has 124 valence electrons. The summed E-state index contributed by atoms with van der Waals surface area (Å²) in [4.78, 5) is 2.58. The van der Waals surface area contributed by atoms with Gasteiger partial charge in [-0.25, -0.2) is 12.7 Å². The summed E-state index contributed by atoms with van der Waals surface area (Å²) in [5.74, 6) is 0. The van der Waals surface area contributed by atoms with Gasteiger partial charge in [0.05, 0.1) is 5.25 Å². The Hall–Kier alpha value is -0.170. The first-order valence-electron chi connectivity index (χ1n) is 8.49. The smallest absolute Gasteiger partial charge is 0.217 e. The molecule has 0 saturated carbocycles. The van der Waals surface area contributed by atoms with E-state index in [1.54, 1.807) is 4.31 Å². The topological polar surface area (TPSA) is 52.7 Å². The summed E-state index contributed by atoms with van der Waals surface area (Å²) in [6.45, 7) is 8.97. The average molecular weight is 317 g/mol. The van der Waals surface area contributed by atoms with Crippen molar-refractivity contribution in [2.24, 2.45) is 0 Å². The standard InChI is InChI=1S/C15H31N3O2S/c1-3-16-13-14(2)21(19,20)18-11-7-15(8-12-18)17-9-5-4-6-10-17/h14-16H,3-13H2,1-2H3. The van der Waals surface area contributed by atoms with E-state index in [4.69, 9.17) is 0 Å². The van der Waals surface area contributed by atoms with Gasteiger partial charge in [-0.2, -0.15) is 0 Å². The molecule has 6 heteroatoms. The Kier molecular flexibility index (Phi) is 6.47. The fourth-order valence-corrected chi connectivity index (χ4v) is 5.01. The second kappa shape index (κ2) is 7.90. The SMILES string of the molecule is CCNCC(C)S(=O)(=O)N1CCC(N2CCCCC2)CC1. The van der Waals surface area contributed by atoms with Crippen LogP contribution < -0.4 is 5.32 Å². The minimum Gasteiger partial charge on any atom is -0.316 e. The molecule has 21 heavy (non-hydrogen) atoms. The quantitative estimate of drug-likeness (QED) is 0.801. The fourth-order valence-electron chi connectivity index (χ4n) is 3.45. The molecule has 1 atom stereocenters. The van der Waals surface area contributed by atoms with Crippen LogP contribution in [0.3, 0.4) is 0 Å². The Labute approximate surface area is 130 Å². The molecule has 2 fully saturated rings. The van der Waals surface area contributed by atoms with Gasteiger partial charge in [0.1, 0.15) is 0 Å². The highest BCUT2D eigenvalue weighted by molar-refractivity contribution is 7.89.